The maximum Gasteiger partial charge on any atom is 0.508 e. The highest BCUT2D eigenvalue weighted by Crippen LogP contribution is 2.18. The molecule has 0 atom stereocenters. The molecule has 0 radical (unpaired) electrons. The van der Waals surface area contributed by atoms with E-state index in [0.29, 0.717) is 6.61 Å². The first-order chi connectivity index (χ1) is 6.10. The number of hydrogen-bond acceptors (Lipinski definition) is 3. The van der Waals surface area contributed by atoms with Crippen LogP contribution in [0.4, 0.5) is 4.79 Å². The summed E-state index contributed by atoms with van der Waals surface area (Å²) in [5, 5.41) is 0. The van der Waals surface area contributed by atoms with Gasteiger partial charge in [-0.05, 0) is 32.6 Å². The highest BCUT2D eigenvalue weighted by molar-refractivity contribution is 5.60. The maximum absolute atomic E-state index is 11.1. The number of rotatable bonds is 2. The molecule has 0 amide bonds. The summed E-state index contributed by atoms with van der Waals surface area (Å²) in [4.78, 5) is 11.1. The summed E-state index contributed by atoms with van der Waals surface area (Å²) in [5.41, 5.74) is -0.291. The van der Waals surface area contributed by atoms with E-state index in [1.807, 2.05) is 20.8 Å². The molecular formula is C11H22O3. The van der Waals surface area contributed by atoms with Crippen molar-refractivity contribution in [1.82, 2.24) is 0 Å². The van der Waals surface area contributed by atoms with Crippen LogP contribution in [0.15, 0.2) is 0 Å². The first-order valence-electron chi connectivity index (χ1n) is 4.96. The zero-order valence-corrected chi connectivity index (χ0v) is 10.1. The van der Waals surface area contributed by atoms with Crippen LogP contribution in [0.25, 0.3) is 0 Å². The van der Waals surface area contributed by atoms with Gasteiger partial charge in [-0.2, -0.15) is 0 Å². The SMILES string of the molecule is CC(C)(C)CCOC(=O)OC(C)(C)C. The van der Waals surface area contributed by atoms with Gasteiger partial charge in [0.2, 0.25) is 0 Å². The summed E-state index contributed by atoms with van der Waals surface area (Å²) in [5.74, 6) is 0. The molecule has 0 aromatic carbocycles. The first kappa shape index (κ1) is 13.3. The second-order valence-electron chi connectivity index (χ2n) is 5.62. The molecule has 0 aromatic heterocycles. The van der Waals surface area contributed by atoms with E-state index in [0.717, 1.165) is 6.42 Å². The molecule has 0 aliphatic heterocycles. The van der Waals surface area contributed by atoms with Crippen LogP contribution in [0.2, 0.25) is 0 Å². The lowest BCUT2D eigenvalue weighted by molar-refractivity contribution is -0.0104. The van der Waals surface area contributed by atoms with Gasteiger partial charge < -0.3 is 9.47 Å². The number of carbonyl (C=O) groups excluding carboxylic acids is 1. The highest BCUT2D eigenvalue weighted by Gasteiger charge is 2.18. The molecule has 0 aliphatic rings. The molecule has 0 saturated carbocycles. The van der Waals surface area contributed by atoms with E-state index >= 15 is 0 Å². The van der Waals surface area contributed by atoms with Gasteiger partial charge in [-0.15, -0.1) is 0 Å². The molecule has 0 saturated heterocycles. The second kappa shape index (κ2) is 4.67. The average Bonchev–Trinajstić information content (AvgIpc) is 1.78. The molecular weight excluding hydrogens is 180 g/mol. The summed E-state index contributed by atoms with van der Waals surface area (Å²) < 4.78 is 9.92. The Hall–Kier alpha value is -0.730. The minimum absolute atomic E-state index is 0.183. The van der Waals surface area contributed by atoms with Crippen molar-refractivity contribution < 1.29 is 14.3 Å². The predicted octanol–water partition coefficient (Wildman–Crippen LogP) is 3.37. The molecule has 3 nitrogen and oxygen atoms in total. The quantitative estimate of drug-likeness (QED) is 0.644. The van der Waals surface area contributed by atoms with E-state index in [4.69, 9.17) is 9.47 Å². The highest BCUT2D eigenvalue weighted by atomic mass is 16.7. The van der Waals surface area contributed by atoms with Crippen LogP contribution in [-0.2, 0) is 9.47 Å². The van der Waals surface area contributed by atoms with Crippen molar-refractivity contribution in [3.8, 4) is 0 Å². The number of ether oxygens (including phenoxy) is 2. The molecule has 0 rings (SSSR count). The maximum atomic E-state index is 11.1. The first-order valence-corrected chi connectivity index (χ1v) is 4.96. The largest absolute Gasteiger partial charge is 0.508 e. The van der Waals surface area contributed by atoms with Gasteiger partial charge in [0.05, 0.1) is 6.61 Å². The fraction of sp³-hybridized carbons (Fsp3) is 0.909. The predicted molar refractivity (Wildman–Crippen MR) is 56.3 cm³/mol. The molecule has 0 fully saturated rings. The molecule has 0 spiro atoms. The van der Waals surface area contributed by atoms with E-state index in [1.54, 1.807) is 0 Å². The van der Waals surface area contributed by atoms with Gasteiger partial charge in [0.1, 0.15) is 5.60 Å². The lowest BCUT2D eigenvalue weighted by Crippen LogP contribution is -2.25. The van der Waals surface area contributed by atoms with E-state index < -0.39 is 11.8 Å². The van der Waals surface area contributed by atoms with Crippen LogP contribution >= 0.6 is 0 Å². The zero-order chi connectivity index (χ0) is 11.4. The Labute approximate surface area is 86.8 Å². The molecule has 0 heterocycles. The van der Waals surface area contributed by atoms with Crippen molar-refractivity contribution in [1.29, 1.82) is 0 Å². The average molecular weight is 202 g/mol. The van der Waals surface area contributed by atoms with Gasteiger partial charge >= 0.3 is 6.16 Å². The molecule has 0 aromatic rings. The molecule has 84 valence electrons. The third-order valence-electron chi connectivity index (χ3n) is 1.46. The standard InChI is InChI=1S/C11H22O3/c1-10(2,3)7-8-13-9(12)14-11(4,5)6/h7-8H2,1-6H3. The molecule has 0 unspecified atom stereocenters. The van der Waals surface area contributed by atoms with Gasteiger partial charge in [0, 0.05) is 0 Å². The van der Waals surface area contributed by atoms with Crippen LogP contribution in [0, 0.1) is 5.41 Å². The molecule has 0 N–H and O–H groups in total. The van der Waals surface area contributed by atoms with Crippen molar-refractivity contribution in [3.63, 3.8) is 0 Å². The lowest BCUT2D eigenvalue weighted by Gasteiger charge is -2.21. The van der Waals surface area contributed by atoms with Crippen molar-refractivity contribution in [2.24, 2.45) is 5.41 Å². The summed E-state index contributed by atoms with van der Waals surface area (Å²) in [7, 11) is 0. The van der Waals surface area contributed by atoms with Crippen LogP contribution in [0.5, 0.6) is 0 Å². The summed E-state index contributed by atoms with van der Waals surface area (Å²) in [6.45, 7) is 12.2. The van der Waals surface area contributed by atoms with Crippen molar-refractivity contribution in [2.45, 2.75) is 53.6 Å². The topological polar surface area (TPSA) is 35.5 Å². The Morgan fingerprint density at radius 3 is 1.93 bits per heavy atom. The van der Waals surface area contributed by atoms with Gasteiger partial charge in [-0.1, -0.05) is 20.8 Å². The molecule has 3 heteroatoms. The Morgan fingerprint density at radius 2 is 1.57 bits per heavy atom. The van der Waals surface area contributed by atoms with Crippen LogP contribution in [0.3, 0.4) is 0 Å². The van der Waals surface area contributed by atoms with E-state index in [1.165, 1.54) is 0 Å². The second-order valence-corrected chi connectivity index (χ2v) is 5.62. The van der Waals surface area contributed by atoms with Crippen LogP contribution in [0.1, 0.15) is 48.0 Å². The van der Waals surface area contributed by atoms with Crippen molar-refractivity contribution in [3.05, 3.63) is 0 Å². The van der Waals surface area contributed by atoms with Crippen LogP contribution in [-0.4, -0.2) is 18.4 Å². The molecule has 0 bridgehead atoms. The normalized spacial score (nSPS) is 12.4. The summed E-state index contributed by atoms with van der Waals surface area (Å²) >= 11 is 0. The van der Waals surface area contributed by atoms with Crippen molar-refractivity contribution in [2.75, 3.05) is 6.61 Å². The Balaban J connectivity index is 3.66. The fourth-order valence-corrected chi connectivity index (χ4v) is 0.720. The van der Waals surface area contributed by atoms with Gasteiger partial charge in [-0.25, -0.2) is 4.79 Å². The number of hydrogen-bond donors (Lipinski definition) is 0. The summed E-state index contributed by atoms with van der Waals surface area (Å²) in [6.07, 6.45) is 0.258. The van der Waals surface area contributed by atoms with Crippen LogP contribution < -0.4 is 0 Å². The fourth-order valence-electron chi connectivity index (χ4n) is 0.720. The van der Waals surface area contributed by atoms with E-state index in [2.05, 4.69) is 20.8 Å². The third kappa shape index (κ3) is 9.36. The zero-order valence-electron chi connectivity index (χ0n) is 10.1. The molecule has 0 aliphatic carbocycles. The molecule has 14 heavy (non-hydrogen) atoms. The third-order valence-corrected chi connectivity index (χ3v) is 1.46. The van der Waals surface area contributed by atoms with Gasteiger partial charge in [0.15, 0.2) is 0 Å². The van der Waals surface area contributed by atoms with E-state index in [9.17, 15) is 4.79 Å². The Bertz CT molecular complexity index is 184. The smallest absolute Gasteiger partial charge is 0.434 e. The summed E-state index contributed by atoms with van der Waals surface area (Å²) in [6, 6.07) is 0. The number of carbonyl (C=O) groups is 1. The van der Waals surface area contributed by atoms with E-state index in [-0.39, 0.29) is 5.41 Å². The van der Waals surface area contributed by atoms with Gasteiger partial charge in [-0.3, -0.25) is 0 Å². The monoisotopic (exact) mass is 202 g/mol. The van der Waals surface area contributed by atoms with Gasteiger partial charge in [0.25, 0.3) is 0 Å². The Morgan fingerprint density at radius 1 is 1.07 bits per heavy atom. The minimum Gasteiger partial charge on any atom is -0.434 e. The Kier molecular flexibility index (Phi) is 4.43. The lowest BCUT2D eigenvalue weighted by atomic mass is 9.93. The van der Waals surface area contributed by atoms with Crippen molar-refractivity contribution >= 4 is 6.16 Å². The minimum atomic E-state index is -0.582.